The first-order valence-electron chi connectivity index (χ1n) is 8.43. The third kappa shape index (κ3) is 4.65. The second kappa shape index (κ2) is 7.69. The third-order valence-corrected chi connectivity index (χ3v) is 7.19. The number of hydrogen-bond donors (Lipinski definition) is 1. The molecule has 0 amide bonds. The topological polar surface area (TPSA) is 117 Å². The Balaban J connectivity index is 1.59. The summed E-state index contributed by atoms with van der Waals surface area (Å²) in [5.74, 6) is 0.591. The second-order valence-corrected chi connectivity index (χ2v) is 9.79. The minimum atomic E-state index is -4.19. The standard InChI is InChI=1S/C15H22N2O7S2/c18-25(19,20)11-1-4-16-5-7-17(8-6-16)26(21,22)13-2-3-14-15(12-13)24-10-9-23-14/h2-3,12H,1,4-11H2,(H,18,19,20). The van der Waals surface area contributed by atoms with Crippen LogP contribution in [0.15, 0.2) is 23.1 Å². The van der Waals surface area contributed by atoms with Gasteiger partial charge in [0.05, 0.1) is 47.7 Å². The summed E-state index contributed by atoms with van der Waals surface area (Å²) in [6, 6.07) is 4.61. The number of nitrogens with one attached hydrogen (secondary N) is 1. The smallest absolute Gasteiger partial charge is 0.243 e. The highest BCUT2D eigenvalue weighted by Gasteiger charge is 2.31. The normalized spacial score (nSPS) is 19.4. The lowest BCUT2D eigenvalue weighted by Gasteiger charge is -2.31. The van der Waals surface area contributed by atoms with Crippen molar-refractivity contribution in [2.24, 2.45) is 0 Å². The summed E-state index contributed by atoms with van der Waals surface area (Å²) < 4.78 is 69.9. The molecule has 0 aliphatic carbocycles. The quantitative estimate of drug-likeness (QED) is 0.559. The lowest BCUT2D eigenvalue weighted by Crippen LogP contribution is -3.14. The maximum Gasteiger partial charge on any atom is 0.243 e. The summed E-state index contributed by atoms with van der Waals surface area (Å²) in [5, 5.41) is 0. The fourth-order valence-electron chi connectivity index (χ4n) is 3.12. The van der Waals surface area contributed by atoms with Crippen LogP contribution >= 0.6 is 0 Å². The van der Waals surface area contributed by atoms with E-state index in [-0.39, 0.29) is 17.1 Å². The number of benzene rings is 1. The molecule has 3 rings (SSSR count). The number of hydrogen-bond acceptors (Lipinski definition) is 7. The molecule has 26 heavy (non-hydrogen) atoms. The van der Waals surface area contributed by atoms with Crippen molar-refractivity contribution in [2.45, 2.75) is 11.3 Å². The molecular formula is C15H22N2O7S2. The number of sulfonamides is 1. The summed E-state index contributed by atoms with van der Waals surface area (Å²) in [5.41, 5.74) is 0. The lowest BCUT2D eigenvalue weighted by molar-refractivity contribution is -0.903. The van der Waals surface area contributed by atoms with Crippen molar-refractivity contribution in [3.05, 3.63) is 18.2 Å². The van der Waals surface area contributed by atoms with Crippen molar-refractivity contribution in [2.75, 3.05) is 51.7 Å². The Morgan fingerprint density at radius 1 is 1.04 bits per heavy atom. The largest absolute Gasteiger partial charge is 0.748 e. The van der Waals surface area contributed by atoms with E-state index in [9.17, 15) is 21.4 Å². The molecule has 1 N–H and O–H groups in total. The molecule has 11 heteroatoms. The van der Waals surface area contributed by atoms with Gasteiger partial charge in [0.1, 0.15) is 13.2 Å². The minimum Gasteiger partial charge on any atom is -0.748 e. The lowest BCUT2D eigenvalue weighted by atomic mass is 10.3. The first-order chi connectivity index (χ1) is 12.3. The Labute approximate surface area is 153 Å². The van der Waals surface area contributed by atoms with E-state index in [0.29, 0.717) is 57.4 Å². The number of nitrogens with zero attached hydrogens (tertiary/aromatic N) is 1. The van der Waals surface area contributed by atoms with Crippen LogP contribution in [0.1, 0.15) is 6.42 Å². The zero-order valence-corrected chi connectivity index (χ0v) is 15.9. The maximum absolute atomic E-state index is 12.8. The Bertz CT molecular complexity index is 847. The van der Waals surface area contributed by atoms with Gasteiger partial charge in [0.2, 0.25) is 10.0 Å². The molecule has 0 atom stereocenters. The van der Waals surface area contributed by atoms with Crippen LogP contribution in [0.3, 0.4) is 0 Å². The van der Waals surface area contributed by atoms with Crippen LogP contribution in [0.25, 0.3) is 0 Å². The van der Waals surface area contributed by atoms with E-state index in [1.807, 2.05) is 0 Å². The Hall–Kier alpha value is -1.40. The molecule has 0 bridgehead atoms. The molecule has 2 heterocycles. The van der Waals surface area contributed by atoms with E-state index in [1.54, 1.807) is 6.07 Å². The summed E-state index contributed by atoms with van der Waals surface area (Å²) in [6.07, 6.45) is 0.288. The second-order valence-electron chi connectivity index (χ2n) is 6.32. The van der Waals surface area contributed by atoms with Crippen LogP contribution in [0.5, 0.6) is 11.5 Å². The van der Waals surface area contributed by atoms with Crippen molar-refractivity contribution in [1.29, 1.82) is 0 Å². The zero-order valence-electron chi connectivity index (χ0n) is 14.2. The van der Waals surface area contributed by atoms with Gasteiger partial charge in [0.15, 0.2) is 11.5 Å². The summed E-state index contributed by atoms with van der Waals surface area (Å²) in [7, 11) is -7.82. The van der Waals surface area contributed by atoms with Crippen LogP contribution < -0.4 is 14.4 Å². The fourth-order valence-corrected chi connectivity index (χ4v) is 5.08. The molecule has 0 aromatic heterocycles. The van der Waals surface area contributed by atoms with E-state index in [1.165, 1.54) is 16.4 Å². The molecule has 1 saturated heterocycles. The fraction of sp³-hybridized carbons (Fsp3) is 0.600. The van der Waals surface area contributed by atoms with Gasteiger partial charge in [0.25, 0.3) is 0 Å². The highest BCUT2D eigenvalue weighted by molar-refractivity contribution is 7.89. The monoisotopic (exact) mass is 406 g/mol. The van der Waals surface area contributed by atoms with Crippen LogP contribution in [-0.2, 0) is 20.1 Å². The van der Waals surface area contributed by atoms with Gasteiger partial charge in [-0.05, 0) is 12.1 Å². The third-order valence-electron chi connectivity index (χ3n) is 4.51. The van der Waals surface area contributed by atoms with Crippen molar-refractivity contribution in [1.82, 2.24) is 4.31 Å². The van der Waals surface area contributed by atoms with Gasteiger partial charge < -0.3 is 18.9 Å². The van der Waals surface area contributed by atoms with E-state index >= 15 is 0 Å². The van der Waals surface area contributed by atoms with E-state index in [0.717, 1.165) is 4.90 Å². The van der Waals surface area contributed by atoms with Gasteiger partial charge in [-0.1, -0.05) is 0 Å². The molecule has 1 aromatic carbocycles. The van der Waals surface area contributed by atoms with Crippen molar-refractivity contribution < 1.29 is 35.8 Å². The minimum absolute atomic E-state index is 0.169. The molecule has 0 saturated carbocycles. The Morgan fingerprint density at radius 2 is 1.69 bits per heavy atom. The highest BCUT2D eigenvalue weighted by Crippen LogP contribution is 2.33. The number of ether oxygens (including phenoxy) is 2. The Morgan fingerprint density at radius 3 is 2.35 bits per heavy atom. The summed E-state index contributed by atoms with van der Waals surface area (Å²) >= 11 is 0. The van der Waals surface area contributed by atoms with Gasteiger partial charge in [-0.3, -0.25) is 0 Å². The molecule has 1 fully saturated rings. The first kappa shape index (κ1) is 19.4. The average Bonchev–Trinajstić information content (AvgIpc) is 2.60. The summed E-state index contributed by atoms with van der Waals surface area (Å²) in [6.45, 7) is 3.20. The summed E-state index contributed by atoms with van der Waals surface area (Å²) in [4.78, 5) is 1.27. The number of piperazine rings is 1. The predicted molar refractivity (Wildman–Crippen MR) is 90.9 cm³/mol. The first-order valence-corrected chi connectivity index (χ1v) is 11.4. The van der Waals surface area contributed by atoms with Gasteiger partial charge in [0, 0.05) is 18.2 Å². The molecule has 146 valence electrons. The molecule has 2 aliphatic rings. The van der Waals surface area contributed by atoms with Gasteiger partial charge in [-0.15, -0.1) is 0 Å². The number of quaternary nitrogens is 1. The van der Waals surface area contributed by atoms with Crippen LogP contribution in [0.2, 0.25) is 0 Å². The van der Waals surface area contributed by atoms with Gasteiger partial charge in [-0.2, -0.15) is 4.31 Å². The predicted octanol–water partition coefficient (Wildman–Crippen LogP) is -1.72. The van der Waals surface area contributed by atoms with Crippen molar-refractivity contribution in [3.8, 4) is 11.5 Å². The van der Waals surface area contributed by atoms with Gasteiger partial charge >= 0.3 is 0 Å². The molecular weight excluding hydrogens is 384 g/mol. The molecule has 9 nitrogen and oxygen atoms in total. The van der Waals surface area contributed by atoms with Gasteiger partial charge in [-0.25, -0.2) is 16.8 Å². The van der Waals surface area contributed by atoms with Crippen LogP contribution in [-0.4, -0.2) is 77.4 Å². The molecule has 1 aromatic rings. The average molecular weight is 406 g/mol. The van der Waals surface area contributed by atoms with Crippen LogP contribution in [0.4, 0.5) is 0 Å². The number of fused-ring (bicyclic) bond motifs is 1. The number of rotatable bonds is 6. The Kier molecular flexibility index (Phi) is 5.72. The van der Waals surface area contributed by atoms with E-state index in [4.69, 9.17) is 9.47 Å². The van der Waals surface area contributed by atoms with Crippen LogP contribution in [0, 0.1) is 0 Å². The molecule has 0 unspecified atom stereocenters. The van der Waals surface area contributed by atoms with Crippen molar-refractivity contribution >= 4 is 20.1 Å². The molecule has 2 aliphatic heterocycles. The van der Waals surface area contributed by atoms with E-state index < -0.39 is 20.1 Å². The SMILES string of the molecule is O=S(=O)([O-])CCC[NH+]1CCN(S(=O)(=O)c2ccc3c(c2)OCCO3)CC1. The zero-order chi connectivity index (χ0) is 18.8. The van der Waals surface area contributed by atoms with Crippen molar-refractivity contribution in [3.63, 3.8) is 0 Å². The maximum atomic E-state index is 12.8. The molecule has 0 radical (unpaired) electrons. The highest BCUT2D eigenvalue weighted by atomic mass is 32.2. The van der Waals surface area contributed by atoms with E-state index in [2.05, 4.69) is 0 Å². The molecule has 0 spiro atoms.